The van der Waals surface area contributed by atoms with Crippen LogP contribution in [0.4, 0.5) is 0 Å². The SMILES string of the molecule is COCC1CCN1C(=O)c1n[nH]c2ccc(C)cc12. The number of nitrogens with one attached hydrogen (secondary N) is 1. The smallest absolute Gasteiger partial charge is 0.275 e. The molecule has 1 atom stereocenters. The summed E-state index contributed by atoms with van der Waals surface area (Å²) in [5.41, 5.74) is 2.54. The molecule has 1 fully saturated rings. The van der Waals surface area contributed by atoms with Crippen LogP contribution in [-0.2, 0) is 4.74 Å². The molecule has 5 nitrogen and oxygen atoms in total. The van der Waals surface area contributed by atoms with Crippen molar-refractivity contribution in [2.75, 3.05) is 20.3 Å². The van der Waals surface area contributed by atoms with Crippen molar-refractivity contribution in [2.24, 2.45) is 0 Å². The molecule has 0 aliphatic carbocycles. The van der Waals surface area contributed by atoms with Crippen molar-refractivity contribution in [3.63, 3.8) is 0 Å². The molecule has 0 spiro atoms. The zero-order valence-electron chi connectivity index (χ0n) is 11.1. The summed E-state index contributed by atoms with van der Waals surface area (Å²) in [6, 6.07) is 6.15. The highest BCUT2D eigenvalue weighted by Crippen LogP contribution is 2.24. The lowest BCUT2D eigenvalue weighted by atomic mass is 10.0. The summed E-state index contributed by atoms with van der Waals surface area (Å²) >= 11 is 0. The van der Waals surface area contributed by atoms with E-state index >= 15 is 0 Å². The van der Waals surface area contributed by atoms with Gasteiger partial charge >= 0.3 is 0 Å². The molecular formula is C14H17N3O2. The molecule has 2 aromatic rings. The minimum atomic E-state index is -0.00912. The number of benzene rings is 1. The van der Waals surface area contributed by atoms with Crippen molar-refractivity contribution in [3.05, 3.63) is 29.5 Å². The van der Waals surface area contributed by atoms with E-state index in [2.05, 4.69) is 10.2 Å². The number of amides is 1. The van der Waals surface area contributed by atoms with Gasteiger partial charge in [-0.1, -0.05) is 11.6 Å². The van der Waals surface area contributed by atoms with Gasteiger partial charge in [-0.3, -0.25) is 9.89 Å². The van der Waals surface area contributed by atoms with Crippen molar-refractivity contribution in [1.29, 1.82) is 0 Å². The number of aromatic amines is 1. The second-order valence-corrected chi connectivity index (χ2v) is 5.02. The topological polar surface area (TPSA) is 58.2 Å². The van der Waals surface area contributed by atoms with Crippen LogP contribution in [0.5, 0.6) is 0 Å². The Labute approximate surface area is 111 Å². The average Bonchev–Trinajstić information content (AvgIpc) is 2.77. The lowest BCUT2D eigenvalue weighted by Crippen LogP contribution is -2.53. The van der Waals surface area contributed by atoms with Crippen molar-refractivity contribution >= 4 is 16.8 Å². The first kappa shape index (κ1) is 12.2. The number of hydrogen-bond donors (Lipinski definition) is 1. The number of fused-ring (bicyclic) bond motifs is 1. The van der Waals surface area contributed by atoms with Crippen LogP contribution in [0, 0.1) is 6.92 Å². The minimum Gasteiger partial charge on any atom is -0.383 e. The fourth-order valence-electron chi connectivity index (χ4n) is 2.50. The van der Waals surface area contributed by atoms with Crippen LogP contribution in [0.2, 0.25) is 0 Å². The van der Waals surface area contributed by atoms with Gasteiger partial charge in [-0.25, -0.2) is 0 Å². The summed E-state index contributed by atoms with van der Waals surface area (Å²) in [5, 5.41) is 7.99. The second kappa shape index (κ2) is 4.66. The third kappa shape index (κ3) is 2.00. The number of aryl methyl sites for hydroxylation is 1. The molecule has 2 heterocycles. The molecule has 1 amide bonds. The van der Waals surface area contributed by atoms with Crippen molar-refractivity contribution < 1.29 is 9.53 Å². The summed E-state index contributed by atoms with van der Waals surface area (Å²) < 4.78 is 5.13. The zero-order chi connectivity index (χ0) is 13.4. The summed E-state index contributed by atoms with van der Waals surface area (Å²) in [5.74, 6) is -0.00912. The molecule has 1 aromatic heterocycles. The molecule has 1 N–H and O–H groups in total. The highest BCUT2D eigenvalue weighted by Gasteiger charge is 2.34. The van der Waals surface area contributed by atoms with Gasteiger partial charge in [-0.15, -0.1) is 0 Å². The van der Waals surface area contributed by atoms with E-state index in [1.807, 2.05) is 30.0 Å². The Morgan fingerprint density at radius 3 is 3.11 bits per heavy atom. The number of nitrogens with zero attached hydrogens (tertiary/aromatic N) is 2. The molecule has 1 aliphatic heterocycles. The van der Waals surface area contributed by atoms with E-state index in [1.54, 1.807) is 7.11 Å². The largest absolute Gasteiger partial charge is 0.383 e. The van der Waals surface area contributed by atoms with E-state index in [1.165, 1.54) is 0 Å². The molecule has 0 radical (unpaired) electrons. The van der Waals surface area contributed by atoms with Gasteiger partial charge in [0, 0.05) is 19.0 Å². The molecular weight excluding hydrogens is 242 g/mol. The Bertz CT molecular complexity index is 620. The number of likely N-dealkylation sites (tertiary alicyclic amines) is 1. The van der Waals surface area contributed by atoms with Crippen LogP contribution in [-0.4, -0.2) is 47.3 Å². The number of rotatable bonds is 3. The maximum atomic E-state index is 12.5. The summed E-state index contributed by atoms with van der Waals surface area (Å²) in [6.07, 6.45) is 1.00. The van der Waals surface area contributed by atoms with Gasteiger partial charge in [0.2, 0.25) is 0 Å². The summed E-state index contributed by atoms with van der Waals surface area (Å²) in [6.45, 7) is 3.39. The third-order valence-corrected chi connectivity index (χ3v) is 3.68. The van der Waals surface area contributed by atoms with E-state index in [9.17, 15) is 4.79 Å². The Hall–Kier alpha value is -1.88. The minimum absolute atomic E-state index is 0.00912. The molecule has 1 unspecified atom stereocenters. The van der Waals surface area contributed by atoms with E-state index in [0.717, 1.165) is 29.4 Å². The number of aromatic nitrogens is 2. The molecule has 3 rings (SSSR count). The number of hydrogen-bond acceptors (Lipinski definition) is 3. The van der Waals surface area contributed by atoms with Gasteiger partial charge in [0.1, 0.15) is 0 Å². The number of carbonyl (C=O) groups is 1. The fourth-order valence-corrected chi connectivity index (χ4v) is 2.50. The molecule has 100 valence electrons. The van der Waals surface area contributed by atoms with E-state index in [-0.39, 0.29) is 11.9 Å². The average molecular weight is 259 g/mol. The van der Waals surface area contributed by atoms with Crippen LogP contribution >= 0.6 is 0 Å². The first-order valence-corrected chi connectivity index (χ1v) is 6.45. The predicted molar refractivity (Wildman–Crippen MR) is 72.1 cm³/mol. The van der Waals surface area contributed by atoms with Crippen molar-refractivity contribution in [3.8, 4) is 0 Å². The molecule has 1 saturated heterocycles. The highest BCUT2D eigenvalue weighted by atomic mass is 16.5. The molecule has 0 saturated carbocycles. The van der Waals surface area contributed by atoms with Gasteiger partial charge in [0.25, 0.3) is 5.91 Å². The van der Waals surface area contributed by atoms with Crippen molar-refractivity contribution in [2.45, 2.75) is 19.4 Å². The predicted octanol–water partition coefficient (Wildman–Crippen LogP) is 1.73. The second-order valence-electron chi connectivity index (χ2n) is 5.02. The monoisotopic (exact) mass is 259 g/mol. The quantitative estimate of drug-likeness (QED) is 0.913. The van der Waals surface area contributed by atoms with Gasteiger partial charge in [-0.2, -0.15) is 5.10 Å². The third-order valence-electron chi connectivity index (χ3n) is 3.68. The van der Waals surface area contributed by atoms with Gasteiger partial charge < -0.3 is 9.64 Å². The number of methoxy groups -OCH3 is 1. The van der Waals surface area contributed by atoms with E-state index in [0.29, 0.717) is 12.3 Å². The van der Waals surface area contributed by atoms with Crippen LogP contribution in [0.15, 0.2) is 18.2 Å². The first-order valence-electron chi connectivity index (χ1n) is 6.45. The molecule has 1 aliphatic rings. The van der Waals surface area contributed by atoms with Gasteiger partial charge in [0.05, 0.1) is 18.2 Å². The van der Waals surface area contributed by atoms with Gasteiger partial charge in [0.15, 0.2) is 5.69 Å². The standard InChI is InChI=1S/C14H17N3O2/c1-9-3-4-12-11(7-9)13(16-15-12)14(18)17-6-5-10(17)8-19-2/h3-4,7,10H,5-6,8H2,1-2H3,(H,15,16). The summed E-state index contributed by atoms with van der Waals surface area (Å²) in [4.78, 5) is 14.3. The normalized spacial score (nSPS) is 18.6. The number of H-pyrrole nitrogens is 1. The maximum absolute atomic E-state index is 12.5. The lowest BCUT2D eigenvalue weighted by molar-refractivity contribution is 0.0198. The molecule has 19 heavy (non-hydrogen) atoms. The Morgan fingerprint density at radius 1 is 1.58 bits per heavy atom. The first-order chi connectivity index (χ1) is 9.20. The van der Waals surface area contributed by atoms with Gasteiger partial charge in [-0.05, 0) is 25.5 Å². The van der Waals surface area contributed by atoms with Crippen LogP contribution in [0.25, 0.3) is 10.9 Å². The molecule has 5 heteroatoms. The molecule has 0 bridgehead atoms. The zero-order valence-corrected chi connectivity index (χ0v) is 11.1. The van der Waals surface area contributed by atoms with Crippen LogP contribution in [0.1, 0.15) is 22.5 Å². The number of carbonyl (C=O) groups excluding carboxylic acids is 1. The Morgan fingerprint density at radius 2 is 2.42 bits per heavy atom. The van der Waals surface area contributed by atoms with Crippen LogP contribution in [0.3, 0.4) is 0 Å². The highest BCUT2D eigenvalue weighted by molar-refractivity contribution is 6.05. The lowest BCUT2D eigenvalue weighted by Gasteiger charge is -2.40. The molecule has 1 aromatic carbocycles. The fraction of sp³-hybridized carbons (Fsp3) is 0.429. The number of ether oxygens (including phenoxy) is 1. The Kier molecular flexibility index (Phi) is 2.98. The Balaban J connectivity index is 1.91. The summed E-state index contributed by atoms with van der Waals surface area (Å²) in [7, 11) is 1.66. The van der Waals surface area contributed by atoms with Crippen LogP contribution < -0.4 is 0 Å². The van der Waals surface area contributed by atoms with Crippen molar-refractivity contribution in [1.82, 2.24) is 15.1 Å². The maximum Gasteiger partial charge on any atom is 0.275 e. The van der Waals surface area contributed by atoms with E-state index in [4.69, 9.17) is 4.74 Å². The van der Waals surface area contributed by atoms with E-state index < -0.39 is 0 Å².